The predicted molar refractivity (Wildman–Crippen MR) is 57.3 cm³/mol. The molecule has 2 aliphatic rings. The van der Waals surface area contributed by atoms with Gasteiger partial charge in [-0.05, 0) is 44.4 Å². The molecule has 0 amide bonds. The fraction of sp³-hybridized carbons (Fsp3) is 0.615. The van der Waals surface area contributed by atoms with Crippen molar-refractivity contribution in [2.24, 2.45) is 5.92 Å². The molecule has 1 unspecified atom stereocenters. The lowest BCUT2D eigenvalue weighted by molar-refractivity contribution is 0.514. The van der Waals surface area contributed by atoms with Gasteiger partial charge in [-0.3, -0.25) is 0 Å². The average Bonchev–Trinajstić information content (AvgIpc) is 2.47. The normalized spacial score (nSPS) is 25.4. The van der Waals surface area contributed by atoms with E-state index in [1.165, 1.54) is 44.9 Å². The second-order valence-corrected chi connectivity index (χ2v) is 4.20. The van der Waals surface area contributed by atoms with Gasteiger partial charge in [0.1, 0.15) is 0 Å². The first-order chi connectivity index (χ1) is 6.47. The Labute approximate surface area is 81.7 Å². The Balaban J connectivity index is 1.97. The monoisotopic (exact) mass is 175 g/mol. The van der Waals surface area contributed by atoms with E-state index in [-0.39, 0.29) is 0 Å². The Hall–Kier alpha value is -0.520. The van der Waals surface area contributed by atoms with Crippen LogP contribution >= 0.6 is 0 Å². The van der Waals surface area contributed by atoms with Gasteiger partial charge >= 0.3 is 0 Å². The molecule has 0 bridgehead atoms. The molecule has 0 aromatic rings. The minimum atomic E-state index is 0.906. The van der Waals surface area contributed by atoms with Crippen LogP contribution in [0, 0.1) is 12.3 Å². The molecule has 2 rings (SSSR count). The van der Waals surface area contributed by atoms with Gasteiger partial charge in [-0.25, -0.2) is 0 Å². The summed E-state index contributed by atoms with van der Waals surface area (Å²) in [6, 6.07) is 0. The molecule has 71 valence electrons. The van der Waals surface area contributed by atoms with Crippen LogP contribution in [0.3, 0.4) is 0 Å². The van der Waals surface area contributed by atoms with Gasteiger partial charge in [0, 0.05) is 0 Å². The second kappa shape index (κ2) is 4.64. The molecule has 0 spiro atoms. The van der Waals surface area contributed by atoms with Crippen LogP contribution < -0.4 is 0 Å². The molecule has 0 aromatic carbocycles. The van der Waals surface area contributed by atoms with Crippen molar-refractivity contribution in [1.82, 2.24) is 0 Å². The van der Waals surface area contributed by atoms with E-state index < -0.39 is 0 Å². The molecule has 0 saturated heterocycles. The first kappa shape index (κ1) is 9.05. The van der Waals surface area contributed by atoms with E-state index >= 15 is 0 Å². The van der Waals surface area contributed by atoms with Crippen LogP contribution in [0.4, 0.5) is 0 Å². The molecule has 0 heterocycles. The van der Waals surface area contributed by atoms with Gasteiger partial charge in [0.15, 0.2) is 0 Å². The third-order valence-electron chi connectivity index (χ3n) is 3.25. The quantitative estimate of drug-likeness (QED) is 0.527. The van der Waals surface area contributed by atoms with Gasteiger partial charge in [0.05, 0.1) is 0 Å². The first-order valence-electron chi connectivity index (χ1n) is 5.64. The van der Waals surface area contributed by atoms with E-state index in [9.17, 15) is 0 Å². The molecule has 1 radical (unpaired) electrons. The minimum absolute atomic E-state index is 0.906. The molecule has 2 aliphatic carbocycles. The lowest BCUT2D eigenvalue weighted by Crippen LogP contribution is -2.04. The standard InChI is InChI=1S/C13H19/c1-2-5-9-12(8-4-1)13-10-6-3-7-11-13/h1,3,6,10,12H,2,4-5,7-9,11H2. The molecular weight excluding hydrogens is 156 g/mol. The average molecular weight is 175 g/mol. The van der Waals surface area contributed by atoms with E-state index in [0.717, 1.165) is 5.92 Å². The van der Waals surface area contributed by atoms with Crippen molar-refractivity contribution in [2.75, 3.05) is 0 Å². The molecule has 0 aromatic heterocycles. The van der Waals surface area contributed by atoms with E-state index in [1.54, 1.807) is 5.57 Å². The van der Waals surface area contributed by atoms with Crippen LogP contribution in [0.1, 0.15) is 44.9 Å². The van der Waals surface area contributed by atoms with Gasteiger partial charge in [-0.2, -0.15) is 0 Å². The van der Waals surface area contributed by atoms with Gasteiger partial charge in [0.25, 0.3) is 0 Å². The highest BCUT2D eigenvalue weighted by Gasteiger charge is 2.16. The molecule has 13 heavy (non-hydrogen) atoms. The maximum Gasteiger partial charge on any atom is -0.0200 e. The Morgan fingerprint density at radius 2 is 2.08 bits per heavy atom. The number of hydrogen-bond acceptors (Lipinski definition) is 0. The number of allylic oxidation sites excluding steroid dienone is 4. The smallest absolute Gasteiger partial charge is 0.0200 e. The van der Waals surface area contributed by atoms with Crippen molar-refractivity contribution in [1.29, 1.82) is 0 Å². The summed E-state index contributed by atoms with van der Waals surface area (Å²) < 4.78 is 0. The summed E-state index contributed by atoms with van der Waals surface area (Å²) in [5.74, 6) is 0.906. The molecule has 0 nitrogen and oxygen atoms in total. The van der Waals surface area contributed by atoms with Gasteiger partial charge < -0.3 is 0 Å². The largest absolute Gasteiger partial charge is 0.0842 e. The third-order valence-corrected chi connectivity index (χ3v) is 3.25. The SMILES string of the molecule is [CH]1CCCC(C2=CC=CCC2)CC1. The third kappa shape index (κ3) is 2.46. The van der Waals surface area contributed by atoms with Gasteiger partial charge in [-0.15, -0.1) is 0 Å². The Bertz CT molecular complexity index is 202. The Kier molecular flexibility index (Phi) is 3.23. The van der Waals surface area contributed by atoms with Crippen LogP contribution in [0.2, 0.25) is 0 Å². The summed E-state index contributed by atoms with van der Waals surface area (Å²) in [6.07, 6.45) is 18.9. The summed E-state index contributed by atoms with van der Waals surface area (Å²) >= 11 is 0. The second-order valence-electron chi connectivity index (χ2n) is 4.20. The lowest BCUT2D eigenvalue weighted by atomic mass is 9.87. The highest BCUT2D eigenvalue weighted by Crippen LogP contribution is 2.31. The Morgan fingerprint density at radius 1 is 1.08 bits per heavy atom. The molecule has 0 aliphatic heterocycles. The topological polar surface area (TPSA) is 0 Å². The highest BCUT2D eigenvalue weighted by molar-refractivity contribution is 5.20. The zero-order chi connectivity index (χ0) is 8.93. The lowest BCUT2D eigenvalue weighted by Gasteiger charge is -2.19. The van der Waals surface area contributed by atoms with Gasteiger partial charge in [-0.1, -0.05) is 36.6 Å². The fourth-order valence-corrected chi connectivity index (χ4v) is 2.45. The summed E-state index contributed by atoms with van der Waals surface area (Å²) in [4.78, 5) is 0. The zero-order valence-electron chi connectivity index (χ0n) is 8.34. The van der Waals surface area contributed by atoms with Crippen LogP contribution in [0.5, 0.6) is 0 Å². The molecule has 1 fully saturated rings. The fourth-order valence-electron chi connectivity index (χ4n) is 2.45. The zero-order valence-corrected chi connectivity index (χ0v) is 8.34. The number of rotatable bonds is 1. The van der Waals surface area contributed by atoms with Gasteiger partial charge in [0.2, 0.25) is 0 Å². The summed E-state index contributed by atoms with van der Waals surface area (Å²) in [5, 5.41) is 0. The van der Waals surface area contributed by atoms with Crippen molar-refractivity contribution in [3.63, 3.8) is 0 Å². The van der Waals surface area contributed by atoms with Crippen molar-refractivity contribution in [3.05, 3.63) is 30.2 Å². The maximum absolute atomic E-state index is 2.47. The van der Waals surface area contributed by atoms with Crippen molar-refractivity contribution >= 4 is 0 Å². The molecule has 1 saturated carbocycles. The minimum Gasteiger partial charge on any atom is -0.0842 e. The highest BCUT2D eigenvalue weighted by atomic mass is 14.2. The maximum atomic E-state index is 2.47. The van der Waals surface area contributed by atoms with Crippen LogP contribution in [0.25, 0.3) is 0 Å². The summed E-state index contributed by atoms with van der Waals surface area (Å²) in [5.41, 5.74) is 1.72. The molecule has 0 N–H and O–H groups in total. The Morgan fingerprint density at radius 3 is 2.92 bits per heavy atom. The van der Waals surface area contributed by atoms with Crippen molar-refractivity contribution in [3.8, 4) is 0 Å². The summed E-state index contributed by atoms with van der Waals surface area (Å²) in [7, 11) is 0. The van der Waals surface area contributed by atoms with Crippen molar-refractivity contribution < 1.29 is 0 Å². The molecular formula is C13H19. The number of hydrogen-bond donors (Lipinski definition) is 0. The van der Waals surface area contributed by atoms with Crippen LogP contribution in [-0.4, -0.2) is 0 Å². The van der Waals surface area contributed by atoms with E-state index in [4.69, 9.17) is 0 Å². The van der Waals surface area contributed by atoms with E-state index in [2.05, 4.69) is 24.6 Å². The van der Waals surface area contributed by atoms with E-state index in [1.807, 2.05) is 0 Å². The van der Waals surface area contributed by atoms with Crippen LogP contribution in [0.15, 0.2) is 23.8 Å². The predicted octanol–water partition coefficient (Wildman–Crippen LogP) is 4.05. The summed E-state index contributed by atoms with van der Waals surface area (Å²) in [6.45, 7) is 0. The van der Waals surface area contributed by atoms with Crippen LogP contribution in [-0.2, 0) is 0 Å². The molecule has 1 atom stereocenters. The van der Waals surface area contributed by atoms with E-state index in [0.29, 0.717) is 0 Å². The molecule has 0 heteroatoms. The van der Waals surface area contributed by atoms with Crippen molar-refractivity contribution in [2.45, 2.75) is 44.9 Å². The first-order valence-corrected chi connectivity index (χ1v) is 5.64.